The minimum absolute atomic E-state index is 0.273. The number of nitrogens with zero attached hydrogens (tertiary/aromatic N) is 2. The van der Waals surface area contributed by atoms with Gasteiger partial charge in [0.05, 0.1) is 12.8 Å². The van der Waals surface area contributed by atoms with Crippen LogP contribution in [0.2, 0.25) is 0 Å². The van der Waals surface area contributed by atoms with E-state index in [4.69, 9.17) is 4.74 Å². The second-order valence-electron chi connectivity index (χ2n) is 6.36. The Hall–Kier alpha value is -3.25. The van der Waals surface area contributed by atoms with Crippen molar-refractivity contribution >= 4 is 39.4 Å². The van der Waals surface area contributed by atoms with E-state index in [-0.39, 0.29) is 11.7 Å². The third-order valence-electron chi connectivity index (χ3n) is 4.47. The zero-order valence-corrected chi connectivity index (χ0v) is 17.1. The number of methoxy groups -OCH3 is 1. The molecule has 1 heterocycles. The molecule has 6 heteroatoms. The summed E-state index contributed by atoms with van der Waals surface area (Å²) in [6.07, 6.45) is 1.74. The molecule has 0 fully saturated rings. The van der Waals surface area contributed by atoms with Gasteiger partial charge in [0.1, 0.15) is 23.1 Å². The van der Waals surface area contributed by atoms with E-state index in [1.54, 1.807) is 25.3 Å². The lowest BCUT2D eigenvalue weighted by Crippen LogP contribution is -2.32. The molecule has 4 rings (SSSR count). The van der Waals surface area contributed by atoms with Crippen LogP contribution in [0.5, 0.6) is 5.75 Å². The predicted octanol–water partition coefficient (Wildman–Crippen LogP) is 5.43. The Morgan fingerprint density at radius 2 is 1.62 bits per heavy atom. The predicted molar refractivity (Wildman–Crippen MR) is 116 cm³/mol. The highest BCUT2D eigenvalue weighted by Crippen LogP contribution is 2.29. The first-order valence-electron chi connectivity index (χ1n) is 8.85. The molecule has 0 saturated heterocycles. The van der Waals surface area contributed by atoms with Crippen molar-refractivity contribution in [2.24, 2.45) is 4.99 Å². The molecule has 4 nitrogen and oxygen atoms in total. The zero-order valence-electron chi connectivity index (χ0n) is 15.5. The van der Waals surface area contributed by atoms with Crippen molar-refractivity contribution in [3.63, 3.8) is 0 Å². The highest BCUT2D eigenvalue weighted by Gasteiger charge is 2.32. The minimum atomic E-state index is -0.367. The zero-order chi connectivity index (χ0) is 20.4. The monoisotopic (exact) mass is 450 g/mol. The Kier molecular flexibility index (Phi) is 5.27. The van der Waals surface area contributed by atoms with Gasteiger partial charge in [0.2, 0.25) is 0 Å². The first-order valence-corrected chi connectivity index (χ1v) is 9.65. The van der Waals surface area contributed by atoms with Gasteiger partial charge in [0, 0.05) is 10.0 Å². The number of amides is 1. The number of anilines is 1. The smallest absolute Gasteiger partial charge is 0.282 e. The highest BCUT2D eigenvalue weighted by molar-refractivity contribution is 9.10. The standard InChI is InChI=1S/C23H16BrFN2O2/c1-29-20-12-4-16(5-13-20)22-26-21(14-15-2-6-17(24)7-3-15)23(28)27(22)19-10-8-18(25)9-11-19/h2-14H,1H3/b21-14+. The normalized spacial score (nSPS) is 15.0. The molecule has 1 aliphatic rings. The lowest BCUT2D eigenvalue weighted by molar-refractivity contribution is -0.113. The molecule has 0 bridgehead atoms. The van der Waals surface area contributed by atoms with Gasteiger partial charge in [0.15, 0.2) is 0 Å². The average molecular weight is 451 g/mol. The van der Waals surface area contributed by atoms with Gasteiger partial charge in [-0.3, -0.25) is 9.69 Å². The van der Waals surface area contributed by atoms with E-state index in [2.05, 4.69) is 20.9 Å². The fourth-order valence-corrected chi connectivity index (χ4v) is 3.26. The minimum Gasteiger partial charge on any atom is -0.497 e. The molecule has 1 aliphatic heterocycles. The van der Waals surface area contributed by atoms with E-state index in [0.717, 1.165) is 15.6 Å². The summed E-state index contributed by atoms with van der Waals surface area (Å²) >= 11 is 3.40. The molecule has 0 N–H and O–H groups in total. The number of hydrogen-bond acceptors (Lipinski definition) is 3. The lowest BCUT2D eigenvalue weighted by Gasteiger charge is -2.18. The molecule has 0 aromatic heterocycles. The fourth-order valence-electron chi connectivity index (χ4n) is 3.00. The van der Waals surface area contributed by atoms with E-state index in [9.17, 15) is 9.18 Å². The Bertz CT molecular complexity index is 1110. The molecule has 0 unspecified atom stereocenters. The molecule has 0 spiro atoms. The van der Waals surface area contributed by atoms with Crippen LogP contribution in [0.3, 0.4) is 0 Å². The van der Waals surface area contributed by atoms with Crippen LogP contribution < -0.4 is 9.64 Å². The summed E-state index contributed by atoms with van der Waals surface area (Å²) < 4.78 is 19.6. The number of amidine groups is 1. The number of carbonyl (C=O) groups excluding carboxylic acids is 1. The summed E-state index contributed by atoms with van der Waals surface area (Å²) in [6.45, 7) is 0. The first-order chi connectivity index (χ1) is 14.0. The number of hydrogen-bond donors (Lipinski definition) is 0. The van der Waals surface area contributed by atoms with E-state index < -0.39 is 0 Å². The molecule has 0 aliphatic carbocycles. The summed E-state index contributed by atoms with van der Waals surface area (Å²) in [6, 6.07) is 20.7. The van der Waals surface area contributed by atoms with Crippen LogP contribution >= 0.6 is 15.9 Å². The van der Waals surface area contributed by atoms with Crippen molar-refractivity contribution in [3.8, 4) is 5.75 Å². The van der Waals surface area contributed by atoms with Crippen LogP contribution in [-0.4, -0.2) is 18.9 Å². The number of ether oxygens (including phenoxy) is 1. The quantitative estimate of drug-likeness (QED) is 0.497. The summed E-state index contributed by atoms with van der Waals surface area (Å²) in [5.74, 6) is 0.546. The molecule has 3 aromatic rings. The maximum absolute atomic E-state index is 13.4. The van der Waals surface area contributed by atoms with Crippen LogP contribution in [-0.2, 0) is 4.79 Å². The average Bonchev–Trinajstić information content (AvgIpc) is 3.06. The van der Waals surface area contributed by atoms with Crippen LogP contribution in [0.15, 0.2) is 88.0 Å². The lowest BCUT2D eigenvalue weighted by atomic mass is 10.1. The summed E-state index contributed by atoms with van der Waals surface area (Å²) in [7, 11) is 1.59. The molecule has 29 heavy (non-hydrogen) atoms. The summed E-state index contributed by atoms with van der Waals surface area (Å²) in [5.41, 5.74) is 2.46. The fraction of sp³-hybridized carbons (Fsp3) is 0.0435. The van der Waals surface area contributed by atoms with Crippen molar-refractivity contribution in [1.82, 2.24) is 0 Å². The van der Waals surface area contributed by atoms with Crippen molar-refractivity contribution in [3.05, 3.63) is 99.9 Å². The second-order valence-corrected chi connectivity index (χ2v) is 7.28. The molecule has 144 valence electrons. The molecule has 1 amide bonds. The molecular weight excluding hydrogens is 435 g/mol. The molecule has 0 saturated carbocycles. The van der Waals surface area contributed by atoms with Crippen molar-refractivity contribution in [2.75, 3.05) is 12.0 Å². The van der Waals surface area contributed by atoms with Gasteiger partial charge in [-0.05, 0) is 72.3 Å². The van der Waals surface area contributed by atoms with Crippen LogP contribution in [0, 0.1) is 5.82 Å². The summed E-state index contributed by atoms with van der Waals surface area (Å²) in [5, 5.41) is 0. The number of rotatable bonds is 4. The highest BCUT2D eigenvalue weighted by atomic mass is 79.9. The number of benzene rings is 3. The number of carbonyl (C=O) groups is 1. The Morgan fingerprint density at radius 1 is 0.966 bits per heavy atom. The second kappa shape index (κ2) is 8.01. The van der Waals surface area contributed by atoms with Crippen molar-refractivity contribution in [2.45, 2.75) is 0 Å². The third-order valence-corrected chi connectivity index (χ3v) is 5.00. The third kappa shape index (κ3) is 3.98. The number of aliphatic imine (C=N–C) groups is 1. The number of halogens is 2. The van der Waals surface area contributed by atoms with Gasteiger partial charge in [0.25, 0.3) is 5.91 Å². The van der Waals surface area contributed by atoms with E-state index in [1.807, 2.05) is 48.5 Å². The van der Waals surface area contributed by atoms with Gasteiger partial charge in [-0.15, -0.1) is 0 Å². The van der Waals surface area contributed by atoms with E-state index >= 15 is 0 Å². The molecule has 0 atom stereocenters. The first kappa shape index (κ1) is 19.1. The van der Waals surface area contributed by atoms with Crippen LogP contribution in [0.4, 0.5) is 10.1 Å². The maximum atomic E-state index is 13.4. The van der Waals surface area contributed by atoms with Crippen molar-refractivity contribution < 1.29 is 13.9 Å². The van der Waals surface area contributed by atoms with Gasteiger partial charge >= 0.3 is 0 Å². The van der Waals surface area contributed by atoms with Gasteiger partial charge in [-0.2, -0.15) is 0 Å². The van der Waals surface area contributed by atoms with E-state index in [1.165, 1.54) is 17.0 Å². The summed E-state index contributed by atoms with van der Waals surface area (Å²) in [4.78, 5) is 19.3. The van der Waals surface area contributed by atoms with Gasteiger partial charge in [-0.1, -0.05) is 28.1 Å². The topological polar surface area (TPSA) is 41.9 Å². The maximum Gasteiger partial charge on any atom is 0.282 e. The molecule has 3 aromatic carbocycles. The van der Waals surface area contributed by atoms with Crippen LogP contribution in [0.25, 0.3) is 6.08 Å². The van der Waals surface area contributed by atoms with Gasteiger partial charge < -0.3 is 4.74 Å². The van der Waals surface area contributed by atoms with Crippen molar-refractivity contribution in [1.29, 1.82) is 0 Å². The Labute approximate surface area is 176 Å². The van der Waals surface area contributed by atoms with Gasteiger partial charge in [-0.25, -0.2) is 9.38 Å². The Morgan fingerprint density at radius 3 is 2.24 bits per heavy atom. The van der Waals surface area contributed by atoms with E-state index in [0.29, 0.717) is 23.0 Å². The molecule has 0 radical (unpaired) electrons. The van der Waals surface area contributed by atoms with Crippen LogP contribution in [0.1, 0.15) is 11.1 Å². The largest absolute Gasteiger partial charge is 0.497 e. The molecular formula is C23H16BrFN2O2. The SMILES string of the molecule is COc1ccc(C2=N/C(=C/c3ccc(Br)cc3)C(=O)N2c2ccc(F)cc2)cc1. The Balaban J connectivity index is 1.79.